The smallest absolute Gasteiger partial charge is 0.259 e. The molecular weight excluding hydrogens is 388 g/mol. The Kier molecular flexibility index (Phi) is 5.10. The molecule has 1 aliphatic carbocycles. The second kappa shape index (κ2) is 7.57. The van der Waals surface area contributed by atoms with Crippen LogP contribution < -0.4 is 5.73 Å². The van der Waals surface area contributed by atoms with E-state index in [1.165, 1.54) is 12.8 Å². The fourth-order valence-corrected chi connectivity index (χ4v) is 3.42. The fourth-order valence-electron chi connectivity index (χ4n) is 3.42. The first kappa shape index (κ1) is 19.5. The number of pyridine rings is 1. The maximum atomic E-state index is 5.67. The van der Waals surface area contributed by atoms with E-state index in [-0.39, 0.29) is 18.4 Å². The highest BCUT2D eigenvalue weighted by atomic mass is 35.5. The number of benzene rings is 1. The molecule has 1 fully saturated rings. The molecule has 8 heteroatoms. The Labute approximate surface area is 174 Å². The number of hydrogen-bond acceptors (Lipinski definition) is 6. The lowest BCUT2D eigenvalue weighted by molar-refractivity contribution is 0.432. The van der Waals surface area contributed by atoms with Crippen molar-refractivity contribution in [3.05, 3.63) is 47.8 Å². The van der Waals surface area contributed by atoms with Crippen LogP contribution in [0.4, 0.5) is 0 Å². The number of fused-ring (bicyclic) bond motifs is 1. The molecule has 150 valence electrons. The normalized spacial score (nSPS) is 13.8. The van der Waals surface area contributed by atoms with Crippen LogP contribution in [0, 0.1) is 0 Å². The third-order valence-corrected chi connectivity index (χ3v) is 5.18. The molecule has 1 saturated carbocycles. The summed E-state index contributed by atoms with van der Waals surface area (Å²) in [5, 5.41) is 9.67. The highest BCUT2D eigenvalue weighted by Gasteiger charge is 2.28. The largest absolute Gasteiger partial charge is 0.334 e. The van der Waals surface area contributed by atoms with Gasteiger partial charge in [0.15, 0.2) is 5.65 Å². The average Bonchev–Trinajstić information content (AvgIpc) is 3.28. The van der Waals surface area contributed by atoms with E-state index in [4.69, 9.17) is 15.2 Å². The Morgan fingerprint density at radius 2 is 1.93 bits per heavy atom. The minimum absolute atomic E-state index is 0. The molecule has 7 nitrogen and oxygen atoms in total. The van der Waals surface area contributed by atoms with Crippen LogP contribution in [-0.2, 0) is 6.54 Å². The summed E-state index contributed by atoms with van der Waals surface area (Å²) in [5.74, 6) is 1.58. The van der Waals surface area contributed by atoms with Crippen LogP contribution in [0.1, 0.15) is 49.9 Å². The van der Waals surface area contributed by atoms with E-state index < -0.39 is 0 Å². The molecule has 0 bridgehead atoms. The molecule has 0 atom stereocenters. The summed E-state index contributed by atoms with van der Waals surface area (Å²) in [7, 11) is 0. The molecule has 29 heavy (non-hydrogen) atoms. The maximum absolute atomic E-state index is 5.67. The third kappa shape index (κ3) is 3.52. The average molecular weight is 411 g/mol. The summed E-state index contributed by atoms with van der Waals surface area (Å²) in [5.41, 5.74) is 10.5. The van der Waals surface area contributed by atoms with Crippen LogP contribution in [0.3, 0.4) is 0 Å². The zero-order chi connectivity index (χ0) is 19.3. The molecule has 1 aliphatic rings. The molecule has 5 rings (SSSR count). The van der Waals surface area contributed by atoms with Crippen LogP contribution in [0.5, 0.6) is 0 Å². The van der Waals surface area contributed by atoms with Gasteiger partial charge in [-0.15, -0.1) is 12.4 Å². The molecule has 0 saturated heterocycles. The molecule has 0 unspecified atom stereocenters. The first-order chi connectivity index (χ1) is 13.6. The standard InChI is InChI=1S/C21H22N6O.ClH/c1-12(2)27-20-17(11-23-27)16(9-18(24-20)14-7-8-14)21-25-19(26-28-21)15-5-3-13(10-22)4-6-15;/h3-6,9,11-12,14H,7-8,10,22H2,1-2H3;1H. The summed E-state index contributed by atoms with van der Waals surface area (Å²) in [4.78, 5) is 9.54. The van der Waals surface area contributed by atoms with Gasteiger partial charge < -0.3 is 10.3 Å². The maximum Gasteiger partial charge on any atom is 0.259 e. The van der Waals surface area contributed by atoms with Gasteiger partial charge in [-0.2, -0.15) is 10.1 Å². The Bertz CT molecular complexity index is 1140. The predicted molar refractivity (Wildman–Crippen MR) is 114 cm³/mol. The van der Waals surface area contributed by atoms with Crippen molar-refractivity contribution < 1.29 is 4.52 Å². The van der Waals surface area contributed by atoms with Gasteiger partial charge in [0.2, 0.25) is 5.82 Å². The third-order valence-electron chi connectivity index (χ3n) is 5.18. The van der Waals surface area contributed by atoms with Gasteiger partial charge in [-0.05, 0) is 38.3 Å². The summed E-state index contributed by atoms with van der Waals surface area (Å²) in [6.45, 7) is 4.72. The van der Waals surface area contributed by atoms with E-state index in [0.29, 0.717) is 24.2 Å². The molecular formula is C21H23ClN6O. The van der Waals surface area contributed by atoms with Gasteiger partial charge in [0.25, 0.3) is 5.89 Å². The SMILES string of the molecule is CC(C)n1ncc2c(-c3nc(-c4ccc(CN)cc4)no3)cc(C3CC3)nc21.Cl. The summed E-state index contributed by atoms with van der Waals surface area (Å²) in [6, 6.07) is 10.2. The Balaban J connectivity index is 0.00000205. The van der Waals surface area contributed by atoms with E-state index in [2.05, 4.69) is 35.2 Å². The van der Waals surface area contributed by atoms with Gasteiger partial charge in [0, 0.05) is 29.8 Å². The summed E-state index contributed by atoms with van der Waals surface area (Å²) < 4.78 is 7.60. The second-order valence-electron chi connectivity index (χ2n) is 7.61. The molecule has 0 aliphatic heterocycles. The Morgan fingerprint density at radius 1 is 1.17 bits per heavy atom. The molecule has 3 heterocycles. The monoisotopic (exact) mass is 410 g/mol. The van der Waals surface area contributed by atoms with Gasteiger partial charge in [0.05, 0.1) is 17.1 Å². The van der Waals surface area contributed by atoms with E-state index in [1.807, 2.05) is 35.1 Å². The zero-order valence-electron chi connectivity index (χ0n) is 16.4. The number of nitrogens with two attached hydrogens (primary N) is 1. The van der Waals surface area contributed by atoms with Crippen LogP contribution in [0.15, 0.2) is 41.1 Å². The zero-order valence-corrected chi connectivity index (χ0v) is 17.2. The highest BCUT2D eigenvalue weighted by molar-refractivity contribution is 5.90. The van der Waals surface area contributed by atoms with Crippen molar-refractivity contribution in [2.75, 3.05) is 0 Å². The highest BCUT2D eigenvalue weighted by Crippen LogP contribution is 2.42. The number of aromatic nitrogens is 5. The van der Waals surface area contributed by atoms with Crippen LogP contribution >= 0.6 is 12.4 Å². The van der Waals surface area contributed by atoms with E-state index >= 15 is 0 Å². The lowest BCUT2D eigenvalue weighted by Crippen LogP contribution is -2.04. The lowest BCUT2D eigenvalue weighted by Gasteiger charge is -2.08. The molecule has 1 aromatic carbocycles. The van der Waals surface area contributed by atoms with Crippen molar-refractivity contribution in [3.63, 3.8) is 0 Å². The topological polar surface area (TPSA) is 95.7 Å². The van der Waals surface area contributed by atoms with Crippen LogP contribution in [-0.4, -0.2) is 24.9 Å². The van der Waals surface area contributed by atoms with E-state index in [1.54, 1.807) is 0 Å². The molecule has 2 N–H and O–H groups in total. The molecule has 3 aromatic heterocycles. The summed E-state index contributed by atoms with van der Waals surface area (Å²) >= 11 is 0. The molecule has 0 spiro atoms. The Hall–Kier alpha value is -2.77. The lowest BCUT2D eigenvalue weighted by atomic mass is 10.1. The minimum Gasteiger partial charge on any atom is -0.334 e. The first-order valence-corrected chi connectivity index (χ1v) is 9.65. The van der Waals surface area contributed by atoms with E-state index in [9.17, 15) is 0 Å². The van der Waals surface area contributed by atoms with Gasteiger partial charge >= 0.3 is 0 Å². The first-order valence-electron chi connectivity index (χ1n) is 9.65. The van der Waals surface area contributed by atoms with Crippen LogP contribution in [0.25, 0.3) is 33.9 Å². The van der Waals surface area contributed by atoms with Crippen molar-refractivity contribution in [2.45, 2.75) is 45.2 Å². The second-order valence-corrected chi connectivity index (χ2v) is 7.61. The predicted octanol–water partition coefficient (Wildman–Crippen LogP) is 4.49. The quantitative estimate of drug-likeness (QED) is 0.520. The van der Waals surface area contributed by atoms with Crippen molar-refractivity contribution in [2.24, 2.45) is 5.73 Å². The number of rotatable bonds is 5. The molecule has 4 aromatic rings. The molecule has 0 radical (unpaired) electrons. The van der Waals surface area contributed by atoms with Gasteiger partial charge in [-0.1, -0.05) is 29.4 Å². The number of hydrogen-bond donors (Lipinski definition) is 1. The van der Waals surface area contributed by atoms with Gasteiger partial charge in [0.1, 0.15) is 0 Å². The Morgan fingerprint density at radius 3 is 2.59 bits per heavy atom. The fraction of sp³-hybridized carbons (Fsp3) is 0.333. The molecule has 0 amide bonds. The van der Waals surface area contributed by atoms with Crippen LogP contribution in [0.2, 0.25) is 0 Å². The minimum atomic E-state index is 0. The van der Waals surface area contributed by atoms with Crippen molar-refractivity contribution in [1.82, 2.24) is 24.9 Å². The van der Waals surface area contributed by atoms with Gasteiger partial charge in [-0.25, -0.2) is 9.67 Å². The van der Waals surface area contributed by atoms with Crippen molar-refractivity contribution in [3.8, 4) is 22.8 Å². The van der Waals surface area contributed by atoms with Crippen molar-refractivity contribution in [1.29, 1.82) is 0 Å². The van der Waals surface area contributed by atoms with Gasteiger partial charge in [-0.3, -0.25) is 0 Å². The number of halogens is 1. The van der Waals surface area contributed by atoms with Crippen molar-refractivity contribution >= 4 is 23.4 Å². The summed E-state index contributed by atoms with van der Waals surface area (Å²) in [6.07, 6.45) is 4.20. The number of nitrogens with zero attached hydrogens (tertiary/aromatic N) is 5. The van der Waals surface area contributed by atoms with E-state index in [0.717, 1.165) is 33.4 Å².